The van der Waals surface area contributed by atoms with Gasteiger partial charge in [0.25, 0.3) is 0 Å². The molecule has 0 aliphatic rings. The van der Waals surface area contributed by atoms with Gasteiger partial charge in [-0.2, -0.15) is 0 Å². The summed E-state index contributed by atoms with van der Waals surface area (Å²) in [7, 11) is 0. The average molecular weight is 278 g/mol. The van der Waals surface area contributed by atoms with Crippen LogP contribution in [-0.2, 0) is 0 Å². The molecule has 0 fully saturated rings. The fraction of sp³-hybridized carbons (Fsp3) is 0. The van der Waals surface area contributed by atoms with Crippen LogP contribution in [0.1, 0.15) is 0 Å². The van der Waals surface area contributed by atoms with E-state index in [4.69, 9.17) is 0 Å². The second-order valence-corrected chi connectivity index (χ2v) is 5.17. The van der Waals surface area contributed by atoms with Crippen LogP contribution in [-0.4, -0.2) is 4.98 Å². The molecule has 0 spiro atoms. The number of thiophene rings is 1. The normalized spacial score (nSPS) is 11.0. The van der Waals surface area contributed by atoms with Crippen LogP contribution in [0.5, 0.6) is 0 Å². The van der Waals surface area contributed by atoms with Crippen molar-refractivity contribution in [2.24, 2.45) is 0 Å². The first kappa shape index (κ1) is 9.19. The Morgan fingerprint density at radius 1 is 1.07 bits per heavy atom. The van der Waals surface area contributed by atoms with Gasteiger partial charge in [0.1, 0.15) is 0 Å². The van der Waals surface area contributed by atoms with Gasteiger partial charge in [-0.15, -0.1) is 11.3 Å². The summed E-state index contributed by atoms with van der Waals surface area (Å²) in [5, 5.41) is 0. The molecule has 0 saturated carbocycles. The lowest BCUT2D eigenvalue weighted by Crippen LogP contribution is -1.71. The molecule has 1 nitrogen and oxygen atoms in total. The summed E-state index contributed by atoms with van der Waals surface area (Å²) in [4.78, 5) is 4.53. The molecular weight excluding hydrogens is 270 g/mol. The van der Waals surface area contributed by atoms with Crippen molar-refractivity contribution < 1.29 is 0 Å². The van der Waals surface area contributed by atoms with Crippen molar-refractivity contribution in [2.75, 3.05) is 0 Å². The number of aromatic nitrogens is 1. The molecule has 0 radical (unpaired) electrons. The Balaban J connectivity index is 2.27. The van der Waals surface area contributed by atoms with E-state index in [0.717, 1.165) is 0 Å². The summed E-state index contributed by atoms with van der Waals surface area (Å²) in [6, 6.07) is 12.5. The number of nitrogens with one attached hydrogen (secondary N) is 1. The van der Waals surface area contributed by atoms with E-state index in [1.165, 1.54) is 25.1 Å². The van der Waals surface area contributed by atoms with E-state index in [2.05, 4.69) is 51.2 Å². The van der Waals surface area contributed by atoms with Gasteiger partial charge in [-0.05, 0) is 27.6 Å². The van der Waals surface area contributed by atoms with E-state index in [1.807, 2.05) is 12.3 Å². The van der Waals surface area contributed by atoms with Gasteiger partial charge in [-0.25, -0.2) is 0 Å². The third-order valence-corrected chi connectivity index (χ3v) is 4.64. The number of H-pyrrole nitrogens is 1. The lowest BCUT2D eigenvalue weighted by molar-refractivity contribution is 1.47. The molecular formula is C12H8BrNS. The number of benzene rings is 1. The molecule has 1 N–H and O–H groups in total. The Morgan fingerprint density at radius 3 is 2.60 bits per heavy atom. The fourth-order valence-electron chi connectivity index (χ4n) is 1.66. The smallest absolute Gasteiger partial charge is 0.0714 e. The maximum Gasteiger partial charge on any atom is 0.0714 e. The summed E-state index contributed by atoms with van der Waals surface area (Å²) in [5.41, 5.74) is 2.46. The third kappa shape index (κ3) is 1.43. The molecule has 2 aromatic heterocycles. The van der Waals surface area contributed by atoms with E-state index in [9.17, 15) is 0 Å². The molecule has 0 atom stereocenters. The standard InChI is InChI=1S/C12H8BrNS/c13-10-11-9(6-7-14-11)15-12(10)8-4-2-1-3-5-8/h1-7,14H. The van der Waals surface area contributed by atoms with Crippen LogP contribution in [0, 0.1) is 0 Å². The first-order valence-corrected chi connectivity index (χ1v) is 6.28. The highest BCUT2D eigenvalue weighted by Gasteiger charge is 2.11. The molecule has 74 valence electrons. The highest BCUT2D eigenvalue weighted by atomic mass is 79.9. The second kappa shape index (κ2) is 3.51. The van der Waals surface area contributed by atoms with Crippen molar-refractivity contribution in [3.63, 3.8) is 0 Å². The first-order valence-electron chi connectivity index (χ1n) is 4.67. The molecule has 3 heteroatoms. The molecule has 0 aliphatic heterocycles. The van der Waals surface area contributed by atoms with Crippen LogP contribution in [0.3, 0.4) is 0 Å². The van der Waals surface area contributed by atoms with Crippen LogP contribution in [0.25, 0.3) is 20.7 Å². The zero-order valence-corrected chi connectivity index (χ0v) is 10.2. The molecule has 3 aromatic rings. The maximum atomic E-state index is 3.65. The van der Waals surface area contributed by atoms with Crippen molar-refractivity contribution in [3.8, 4) is 10.4 Å². The number of aromatic amines is 1. The zero-order chi connectivity index (χ0) is 10.3. The van der Waals surface area contributed by atoms with E-state index < -0.39 is 0 Å². The Kier molecular flexibility index (Phi) is 2.15. The Hall–Kier alpha value is -1.06. The fourth-order valence-corrected chi connectivity index (χ4v) is 3.65. The van der Waals surface area contributed by atoms with Gasteiger partial charge in [0.05, 0.1) is 19.6 Å². The highest BCUT2D eigenvalue weighted by molar-refractivity contribution is 9.10. The minimum Gasteiger partial charge on any atom is -0.360 e. The Bertz CT molecular complexity index is 594. The predicted octanol–water partition coefficient (Wildman–Crippen LogP) is 4.66. The monoisotopic (exact) mass is 277 g/mol. The SMILES string of the molecule is Brc1c(-c2ccccc2)sc2cc[nH]c12. The van der Waals surface area contributed by atoms with Crippen molar-refractivity contribution in [2.45, 2.75) is 0 Å². The summed E-state index contributed by atoms with van der Waals surface area (Å²) in [6.07, 6.45) is 1.97. The van der Waals surface area contributed by atoms with Crippen molar-refractivity contribution in [1.29, 1.82) is 0 Å². The van der Waals surface area contributed by atoms with Gasteiger partial charge in [0.15, 0.2) is 0 Å². The Labute approximate surface area is 99.9 Å². The number of rotatable bonds is 1. The van der Waals surface area contributed by atoms with Crippen LogP contribution >= 0.6 is 27.3 Å². The number of hydrogen-bond acceptors (Lipinski definition) is 1. The van der Waals surface area contributed by atoms with Gasteiger partial charge in [0, 0.05) is 6.20 Å². The number of halogens is 1. The van der Waals surface area contributed by atoms with Gasteiger partial charge >= 0.3 is 0 Å². The molecule has 15 heavy (non-hydrogen) atoms. The van der Waals surface area contributed by atoms with Crippen LogP contribution in [0.2, 0.25) is 0 Å². The second-order valence-electron chi connectivity index (χ2n) is 3.33. The van der Waals surface area contributed by atoms with Gasteiger partial charge < -0.3 is 4.98 Å². The van der Waals surface area contributed by atoms with Crippen molar-refractivity contribution >= 4 is 37.5 Å². The maximum absolute atomic E-state index is 3.65. The Morgan fingerprint density at radius 2 is 1.87 bits per heavy atom. The zero-order valence-electron chi connectivity index (χ0n) is 7.83. The first-order chi connectivity index (χ1) is 7.36. The number of fused-ring (bicyclic) bond motifs is 1. The van der Waals surface area contributed by atoms with Crippen LogP contribution < -0.4 is 0 Å². The summed E-state index contributed by atoms with van der Waals surface area (Å²) in [5.74, 6) is 0. The molecule has 1 aromatic carbocycles. The lowest BCUT2D eigenvalue weighted by Gasteiger charge is -1.97. The molecule has 0 bridgehead atoms. The van der Waals surface area contributed by atoms with E-state index >= 15 is 0 Å². The molecule has 3 rings (SSSR count). The van der Waals surface area contributed by atoms with E-state index in [1.54, 1.807) is 11.3 Å². The van der Waals surface area contributed by atoms with E-state index in [-0.39, 0.29) is 0 Å². The van der Waals surface area contributed by atoms with Gasteiger partial charge in [-0.1, -0.05) is 30.3 Å². The topological polar surface area (TPSA) is 15.8 Å². The summed E-state index contributed by atoms with van der Waals surface area (Å²) >= 11 is 5.45. The predicted molar refractivity (Wildman–Crippen MR) is 69.3 cm³/mol. The largest absolute Gasteiger partial charge is 0.360 e. The van der Waals surface area contributed by atoms with Crippen LogP contribution in [0.4, 0.5) is 0 Å². The third-order valence-electron chi connectivity index (χ3n) is 2.38. The molecule has 0 aliphatic carbocycles. The van der Waals surface area contributed by atoms with Crippen LogP contribution in [0.15, 0.2) is 47.1 Å². The molecule has 0 saturated heterocycles. The van der Waals surface area contributed by atoms with Gasteiger partial charge in [-0.3, -0.25) is 0 Å². The minimum atomic E-state index is 1.17. The van der Waals surface area contributed by atoms with Gasteiger partial charge in [0.2, 0.25) is 0 Å². The summed E-state index contributed by atoms with van der Waals surface area (Å²) in [6.45, 7) is 0. The number of hydrogen-bond donors (Lipinski definition) is 1. The molecule has 2 heterocycles. The minimum absolute atomic E-state index is 1.17. The quantitative estimate of drug-likeness (QED) is 0.666. The highest BCUT2D eigenvalue weighted by Crippen LogP contribution is 2.41. The average Bonchev–Trinajstić information content (AvgIpc) is 2.83. The molecule has 0 amide bonds. The summed E-state index contributed by atoms with van der Waals surface area (Å²) < 4.78 is 2.46. The van der Waals surface area contributed by atoms with Crippen molar-refractivity contribution in [1.82, 2.24) is 4.98 Å². The van der Waals surface area contributed by atoms with E-state index in [0.29, 0.717) is 0 Å². The van der Waals surface area contributed by atoms with Crippen molar-refractivity contribution in [3.05, 3.63) is 47.1 Å². The molecule has 0 unspecified atom stereocenters. The lowest BCUT2D eigenvalue weighted by atomic mass is 10.2.